The molecule has 11 aromatic carbocycles. The van der Waals surface area contributed by atoms with E-state index in [0.717, 1.165) is 22.7 Å². The van der Waals surface area contributed by atoms with Crippen LogP contribution < -0.4 is 4.90 Å². The average molecular weight is 763 g/mol. The Morgan fingerprint density at radius 2 is 0.783 bits per heavy atom. The van der Waals surface area contributed by atoms with Crippen LogP contribution in [-0.4, -0.2) is 4.57 Å². The first-order valence-electron chi connectivity index (χ1n) is 20.7. The van der Waals surface area contributed by atoms with Crippen LogP contribution in [0.2, 0.25) is 0 Å². The fourth-order valence-corrected chi connectivity index (χ4v) is 9.61. The smallest absolute Gasteiger partial charge is 0.0625 e. The molecule has 0 aliphatic heterocycles. The summed E-state index contributed by atoms with van der Waals surface area (Å²) in [6.45, 7) is 0. The zero-order valence-corrected chi connectivity index (χ0v) is 32.8. The van der Waals surface area contributed by atoms with Crippen LogP contribution in [0.25, 0.3) is 92.8 Å². The van der Waals surface area contributed by atoms with Gasteiger partial charge in [-0.2, -0.15) is 0 Å². The van der Waals surface area contributed by atoms with Crippen molar-refractivity contribution in [1.29, 1.82) is 0 Å². The van der Waals surface area contributed by atoms with Gasteiger partial charge in [0.15, 0.2) is 0 Å². The van der Waals surface area contributed by atoms with Gasteiger partial charge in [0.25, 0.3) is 0 Å². The maximum absolute atomic E-state index is 2.53. The first-order chi connectivity index (χ1) is 29.8. The Kier molecular flexibility index (Phi) is 7.89. The van der Waals surface area contributed by atoms with Crippen molar-refractivity contribution >= 4 is 82.0 Å². The second kappa shape index (κ2) is 13.9. The highest BCUT2D eigenvalue weighted by Crippen LogP contribution is 2.45. The zero-order chi connectivity index (χ0) is 39.6. The fraction of sp³-hybridized carbons (Fsp3) is 0. The molecule has 0 aliphatic rings. The average Bonchev–Trinajstić information content (AvgIpc) is 3.67. The molecule has 60 heavy (non-hydrogen) atoms. The Bertz CT molecular complexity index is 3490. The number of hydrogen-bond acceptors (Lipinski definition) is 1. The number of fused-ring (bicyclic) bond motifs is 11. The molecule has 0 radical (unpaired) electrons. The minimum Gasteiger partial charge on any atom is -0.311 e. The molecule has 12 aromatic rings. The van der Waals surface area contributed by atoms with E-state index in [9.17, 15) is 0 Å². The molecule has 0 saturated carbocycles. The van der Waals surface area contributed by atoms with Crippen molar-refractivity contribution in [2.45, 2.75) is 0 Å². The van der Waals surface area contributed by atoms with E-state index in [4.69, 9.17) is 0 Å². The van der Waals surface area contributed by atoms with Gasteiger partial charge in [-0.25, -0.2) is 0 Å². The van der Waals surface area contributed by atoms with Gasteiger partial charge >= 0.3 is 0 Å². The standard InChI is InChI=1S/C58H38N2/c1-4-16-40(17-5-1)54-36-42-18-10-11-23-47(42)58-57(54)53-34-30-41(39-28-31-45(32-29-39)59(43-19-6-2-7-20-43)44-21-8-3-9-22-44)37-56(53)60(58)46-33-35-52-50-26-13-12-24-48(50)49-25-14-15-27-51(49)55(52)38-46/h1-38H. The third-order valence-electron chi connectivity index (χ3n) is 12.3. The zero-order valence-electron chi connectivity index (χ0n) is 32.8. The molecule has 0 N–H and O–H groups in total. The summed E-state index contributed by atoms with van der Waals surface area (Å²) in [5.74, 6) is 0. The number of benzene rings is 11. The summed E-state index contributed by atoms with van der Waals surface area (Å²) in [5.41, 5.74) is 11.7. The molecule has 1 aromatic heterocycles. The fourth-order valence-electron chi connectivity index (χ4n) is 9.61. The number of anilines is 3. The van der Waals surface area contributed by atoms with Gasteiger partial charge in [-0.3, -0.25) is 0 Å². The SMILES string of the molecule is c1ccc(-c2cc3ccccc3c3c2c2ccc(-c4ccc(N(c5ccccc5)c5ccccc5)cc4)cc2n3-c2ccc3c4ccccc4c4ccccc4c3c2)cc1. The van der Waals surface area contributed by atoms with E-state index in [0.29, 0.717) is 0 Å². The van der Waals surface area contributed by atoms with Crippen molar-refractivity contribution in [2.75, 3.05) is 4.90 Å². The summed E-state index contributed by atoms with van der Waals surface area (Å²) in [7, 11) is 0. The Balaban J connectivity index is 1.12. The van der Waals surface area contributed by atoms with Gasteiger partial charge in [0.2, 0.25) is 0 Å². The van der Waals surface area contributed by atoms with Crippen LogP contribution in [0.1, 0.15) is 0 Å². The number of nitrogens with zero attached hydrogens (tertiary/aromatic N) is 2. The predicted octanol–water partition coefficient (Wildman–Crippen LogP) is 16.2. The Labute approximate surface area is 348 Å². The van der Waals surface area contributed by atoms with Crippen molar-refractivity contribution in [3.63, 3.8) is 0 Å². The quantitative estimate of drug-likeness (QED) is 0.153. The second-order valence-electron chi connectivity index (χ2n) is 15.7. The summed E-state index contributed by atoms with van der Waals surface area (Å²) in [6.07, 6.45) is 0. The van der Waals surface area contributed by atoms with Crippen molar-refractivity contribution < 1.29 is 0 Å². The lowest BCUT2D eigenvalue weighted by molar-refractivity contribution is 1.19. The van der Waals surface area contributed by atoms with E-state index in [-0.39, 0.29) is 0 Å². The van der Waals surface area contributed by atoms with Crippen molar-refractivity contribution in [3.05, 3.63) is 231 Å². The highest BCUT2D eigenvalue weighted by molar-refractivity contribution is 6.27. The first-order valence-corrected chi connectivity index (χ1v) is 20.7. The number of para-hydroxylation sites is 2. The van der Waals surface area contributed by atoms with Gasteiger partial charge in [-0.1, -0.05) is 170 Å². The third kappa shape index (κ3) is 5.42. The minimum atomic E-state index is 1.11. The van der Waals surface area contributed by atoms with E-state index < -0.39 is 0 Å². The summed E-state index contributed by atoms with van der Waals surface area (Å²) >= 11 is 0. The maximum Gasteiger partial charge on any atom is 0.0625 e. The number of rotatable bonds is 6. The van der Waals surface area contributed by atoms with Gasteiger partial charge in [0.05, 0.1) is 11.0 Å². The number of hydrogen-bond donors (Lipinski definition) is 0. The van der Waals surface area contributed by atoms with E-state index in [1.165, 1.54) is 87.1 Å². The molecule has 1 heterocycles. The Hall–Kier alpha value is -7.94. The molecule has 0 atom stereocenters. The lowest BCUT2D eigenvalue weighted by atomic mass is 9.94. The molecule has 0 spiro atoms. The monoisotopic (exact) mass is 762 g/mol. The van der Waals surface area contributed by atoms with Crippen LogP contribution in [0.4, 0.5) is 17.1 Å². The van der Waals surface area contributed by atoms with Gasteiger partial charge in [-0.05, 0) is 121 Å². The summed E-state index contributed by atoms with van der Waals surface area (Å²) in [4.78, 5) is 2.31. The van der Waals surface area contributed by atoms with Crippen molar-refractivity contribution in [2.24, 2.45) is 0 Å². The molecule has 2 heteroatoms. The molecule has 0 bridgehead atoms. The van der Waals surface area contributed by atoms with E-state index in [1.54, 1.807) is 0 Å². The molecule has 12 rings (SSSR count). The molecule has 280 valence electrons. The van der Waals surface area contributed by atoms with Crippen LogP contribution in [0.5, 0.6) is 0 Å². The molecule has 0 amide bonds. The molecular weight excluding hydrogens is 725 g/mol. The highest BCUT2D eigenvalue weighted by atomic mass is 15.1. The molecular formula is C58H38N2. The van der Waals surface area contributed by atoms with Crippen LogP contribution >= 0.6 is 0 Å². The lowest BCUT2D eigenvalue weighted by Crippen LogP contribution is -2.09. The summed E-state index contributed by atoms with van der Waals surface area (Å²) < 4.78 is 2.53. The third-order valence-corrected chi connectivity index (χ3v) is 12.3. The topological polar surface area (TPSA) is 8.17 Å². The summed E-state index contributed by atoms with van der Waals surface area (Å²) in [6, 6.07) is 84.2. The van der Waals surface area contributed by atoms with E-state index in [1.807, 2.05) is 0 Å². The minimum absolute atomic E-state index is 1.11. The van der Waals surface area contributed by atoms with Gasteiger partial charge in [0, 0.05) is 38.9 Å². The normalized spacial score (nSPS) is 11.7. The summed E-state index contributed by atoms with van der Waals surface area (Å²) in [5, 5.41) is 12.6. The highest BCUT2D eigenvalue weighted by Gasteiger charge is 2.21. The molecule has 0 aliphatic carbocycles. The van der Waals surface area contributed by atoms with Gasteiger partial charge in [0.1, 0.15) is 0 Å². The van der Waals surface area contributed by atoms with E-state index in [2.05, 4.69) is 240 Å². The van der Waals surface area contributed by atoms with Gasteiger partial charge in [-0.15, -0.1) is 0 Å². The predicted molar refractivity (Wildman–Crippen MR) is 256 cm³/mol. The van der Waals surface area contributed by atoms with Crippen LogP contribution in [0.15, 0.2) is 231 Å². The Morgan fingerprint density at radius 1 is 0.300 bits per heavy atom. The van der Waals surface area contributed by atoms with Crippen LogP contribution in [-0.2, 0) is 0 Å². The molecule has 2 nitrogen and oxygen atoms in total. The molecule has 0 unspecified atom stereocenters. The largest absolute Gasteiger partial charge is 0.311 e. The van der Waals surface area contributed by atoms with Crippen molar-refractivity contribution in [3.8, 4) is 27.9 Å². The second-order valence-corrected chi connectivity index (χ2v) is 15.7. The van der Waals surface area contributed by atoms with Gasteiger partial charge < -0.3 is 9.47 Å². The van der Waals surface area contributed by atoms with E-state index >= 15 is 0 Å². The Morgan fingerprint density at radius 3 is 1.42 bits per heavy atom. The van der Waals surface area contributed by atoms with Crippen molar-refractivity contribution in [1.82, 2.24) is 4.57 Å². The molecule has 0 saturated heterocycles. The maximum atomic E-state index is 2.53. The van der Waals surface area contributed by atoms with Crippen LogP contribution in [0.3, 0.4) is 0 Å². The first kappa shape index (κ1) is 34.1. The number of aromatic nitrogens is 1. The van der Waals surface area contributed by atoms with Crippen LogP contribution in [0, 0.1) is 0 Å². The lowest BCUT2D eigenvalue weighted by Gasteiger charge is -2.25. The molecule has 0 fully saturated rings.